The number of ether oxygens (including phenoxy) is 2. The predicted octanol–water partition coefficient (Wildman–Crippen LogP) is 3.24. The lowest BCUT2D eigenvalue weighted by atomic mass is 9.80. The molecule has 2 aliphatic rings. The van der Waals surface area contributed by atoms with Crippen LogP contribution in [0.2, 0.25) is 0 Å². The molecule has 23 heavy (non-hydrogen) atoms. The molecule has 0 radical (unpaired) electrons. The van der Waals surface area contributed by atoms with Gasteiger partial charge in [0.2, 0.25) is 0 Å². The number of piperidine rings is 1. The number of carbonyl (C=O) groups is 1. The second kappa shape index (κ2) is 6.52. The summed E-state index contributed by atoms with van der Waals surface area (Å²) in [4.78, 5) is 14.9. The first-order valence-corrected chi connectivity index (χ1v) is 7.26. The summed E-state index contributed by atoms with van der Waals surface area (Å²) in [7, 11) is 2.81. The number of nitrogens with zero attached hydrogens (tertiary/aromatic N) is 1. The molecule has 0 bridgehead atoms. The van der Waals surface area contributed by atoms with Crippen molar-refractivity contribution in [3.63, 3.8) is 0 Å². The monoisotopic (exact) mass is 329 g/mol. The van der Waals surface area contributed by atoms with Crippen molar-refractivity contribution in [3.05, 3.63) is 23.3 Å². The van der Waals surface area contributed by atoms with Gasteiger partial charge >= 0.3 is 0 Å². The van der Waals surface area contributed by atoms with Crippen molar-refractivity contribution in [3.8, 4) is 11.5 Å². The maximum atomic E-state index is 13.5. The van der Waals surface area contributed by atoms with E-state index in [1.54, 1.807) is 6.07 Å². The highest BCUT2D eigenvalue weighted by Gasteiger charge is 2.38. The van der Waals surface area contributed by atoms with Gasteiger partial charge in [0, 0.05) is 47.8 Å². The molecule has 3 rings (SSSR count). The van der Waals surface area contributed by atoms with Gasteiger partial charge in [0.05, 0.1) is 14.2 Å². The molecule has 0 saturated carbocycles. The topological polar surface area (TPSA) is 38.8 Å². The molecule has 0 amide bonds. The van der Waals surface area contributed by atoms with E-state index in [9.17, 15) is 4.79 Å². The van der Waals surface area contributed by atoms with Gasteiger partial charge in [-0.3, -0.25) is 9.69 Å². The highest BCUT2D eigenvalue weighted by atomic mass is 16.5. The maximum absolute atomic E-state index is 13.5. The molecule has 2 unspecified atom stereocenters. The van der Waals surface area contributed by atoms with Gasteiger partial charge in [-0.15, -0.1) is 0 Å². The lowest BCUT2D eigenvalue weighted by molar-refractivity contribution is -0.129. The van der Waals surface area contributed by atoms with E-state index < -0.39 is 56.6 Å². The molecular formula is C19H27NO3. The second-order valence-electron chi connectivity index (χ2n) is 5.48. The van der Waals surface area contributed by atoms with Crippen LogP contribution in [0.5, 0.6) is 11.5 Å². The van der Waals surface area contributed by atoms with Crippen LogP contribution < -0.4 is 9.47 Å². The van der Waals surface area contributed by atoms with E-state index >= 15 is 0 Å². The molecule has 0 aromatic heterocycles. The zero-order valence-electron chi connectivity index (χ0n) is 25.0. The lowest BCUT2D eigenvalue weighted by Gasteiger charge is -2.43. The Labute approximate surface area is 155 Å². The zero-order chi connectivity index (χ0) is 27.0. The van der Waals surface area contributed by atoms with Crippen molar-refractivity contribution in [2.24, 2.45) is 11.8 Å². The molecule has 1 saturated heterocycles. The minimum Gasteiger partial charge on any atom is -0.493 e. The summed E-state index contributed by atoms with van der Waals surface area (Å²) in [6.07, 6.45) is -6.41. The van der Waals surface area contributed by atoms with Crippen LogP contribution in [0.1, 0.15) is 60.1 Å². The summed E-state index contributed by atoms with van der Waals surface area (Å²) in [5, 5.41) is 0. The fourth-order valence-electron chi connectivity index (χ4n) is 3.07. The molecule has 1 fully saturated rings. The summed E-state index contributed by atoms with van der Waals surface area (Å²) >= 11 is 0. The summed E-state index contributed by atoms with van der Waals surface area (Å²) in [5.74, 6) is -8.04. The molecular weight excluding hydrogens is 290 g/mol. The maximum Gasteiger partial charge on any atom is 0.161 e. The zero-order valence-corrected chi connectivity index (χ0v) is 13.0. The van der Waals surface area contributed by atoms with Crippen LogP contribution in [0.15, 0.2) is 12.1 Å². The Hall–Kier alpha value is -1.55. The summed E-state index contributed by atoms with van der Waals surface area (Å²) < 4.78 is 108. The quantitative estimate of drug-likeness (QED) is 0.850. The van der Waals surface area contributed by atoms with Gasteiger partial charge in [-0.25, -0.2) is 0 Å². The number of Topliss-reactive ketones (excluding diaryl/α,β-unsaturated/α-hetero) is 1. The van der Waals surface area contributed by atoms with Crippen molar-refractivity contribution in [2.75, 3.05) is 27.3 Å². The van der Waals surface area contributed by atoms with Crippen LogP contribution >= 0.6 is 0 Å². The SMILES string of the molecule is [2H]C1([2H])C(=O)C([2H])(C([2H])([2H])C([2H])(C([2H])([2H])[2H])C([2H])([2H])[2H])CN2CCc3cc(OC)c(OC)cc3C21. The van der Waals surface area contributed by atoms with Crippen LogP contribution in [0.25, 0.3) is 0 Å². The number of ketones is 1. The summed E-state index contributed by atoms with van der Waals surface area (Å²) in [5.41, 5.74) is 1.01. The van der Waals surface area contributed by atoms with E-state index in [1.807, 2.05) is 0 Å². The van der Waals surface area contributed by atoms with E-state index in [0.717, 1.165) is 0 Å². The predicted molar refractivity (Wildman–Crippen MR) is 90.1 cm³/mol. The van der Waals surface area contributed by atoms with E-state index in [-0.39, 0.29) is 12.3 Å². The standard InChI is InChI=1S/C19H27NO3/c1-12(2)7-14-11-20-6-5-13-8-18(22-3)19(23-4)9-15(13)16(20)10-17(14)21/h8-9,12,14,16H,5-7,10-11H2,1-4H3/i1D3,2D3,7D2,10D2,12D,14D. The van der Waals surface area contributed by atoms with Gasteiger partial charge < -0.3 is 9.47 Å². The number of hydrogen-bond acceptors (Lipinski definition) is 4. The Balaban J connectivity index is 2.19. The fourth-order valence-corrected chi connectivity index (χ4v) is 3.07. The Morgan fingerprint density at radius 3 is 2.91 bits per heavy atom. The summed E-state index contributed by atoms with van der Waals surface area (Å²) in [6.45, 7) is -8.23. The van der Waals surface area contributed by atoms with Crippen molar-refractivity contribution >= 4 is 5.78 Å². The average Bonchev–Trinajstić information content (AvgIpc) is 2.73. The number of rotatable bonds is 4. The van der Waals surface area contributed by atoms with Gasteiger partial charge in [0.15, 0.2) is 11.5 Å². The first-order chi connectivity index (χ1) is 15.7. The fraction of sp³-hybridized carbons (Fsp3) is 0.632. The normalized spacial score (nSPS) is 39.6. The third kappa shape index (κ3) is 3.09. The highest BCUT2D eigenvalue weighted by Crippen LogP contribution is 2.42. The number of carbonyl (C=O) groups excluding carboxylic acids is 1. The summed E-state index contributed by atoms with van der Waals surface area (Å²) in [6, 6.07) is 1.88. The first-order valence-electron chi connectivity index (χ1n) is 13.3. The second-order valence-corrected chi connectivity index (χ2v) is 5.48. The van der Waals surface area contributed by atoms with Crippen LogP contribution in [0.3, 0.4) is 0 Å². The average molecular weight is 330 g/mol. The molecule has 0 spiro atoms. The largest absolute Gasteiger partial charge is 0.493 e. The molecule has 2 aliphatic heterocycles. The molecule has 4 heteroatoms. The van der Waals surface area contributed by atoms with E-state index in [0.29, 0.717) is 23.3 Å². The number of benzene rings is 1. The van der Waals surface area contributed by atoms with Crippen LogP contribution in [0.4, 0.5) is 0 Å². The van der Waals surface area contributed by atoms with E-state index in [2.05, 4.69) is 0 Å². The van der Waals surface area contributed by atoms with E-state index in [1.165, 1.54) is 25.2 Å². The van der Waals surface area contributed by atoms with Gasteiger partial charge in [0.1, 0.15) is 5.78 Å². The van der Waals surface area contributed by atoms with Gasteiger partial charge in [-0.2, -0.15) is 0 Å². The van der Waals surface area contributed by atoms with Gasteiger partial charge in [0.25, 0.3) is 0 Å². The molecule has 0 aliphatic carbocycles. The lowest BCUT2D eigenvalue weighted by Crippen LogP contribution is -2.46. The molecule has 1 aromatic carbocycles. The smallest absolute Gasteiger partial charge is 0.161 e. The Bertz CT molecular complexity index is 1010. The number of methoxy groups -OCH3 is 2. The third-order valence-corrected chi connectivity index (χ3v) is 4.15. The minimum absolute atomic E-state index is 0.0726. The third-order valence-electron chi connectivity index (χ3n) is 4.15. The molecule has 126 valence electrons. The van der Waals surface area contributed by atoms with Crippen molar-refractivity contribution in [1.29, 1.82) is 0 Å². The first kappa shape index (κ1) is 7.14. The Morgan fingerprint density at radius 1 is 1.48 bits per heavy atom. The molecule has 2 atom stereocenters. The Morgan fingerprint density at radius 2 is 2.22 bits per heavy atom. The van der Waals surface area contributed by atoms with Gasteiger partial charge in [-0.05, 0) is 41.9 Å². The van der Waals surface area contributed by atoms with Crippen LogP contribution in [-0.4, -0.2) is 38.0 Å². The minimum atomic E-state index is -3.88. The van der Waals surface area contributed by atoms with Crippen LogP contribution in [0, 0.1) is 11.8 Å². The molecule has 0 N–H and O–H groups in total. The number of fused-ring (bicyclic) bond motifs is 3. The van der Waals surface area contributed by atoms with Crippen molar-refractivity contribution in [2.45, 2.75) is 38.9 Å². The van der Waals surface area contributed by atoms with Gasteiger partial charge in [-0.1, -0.05) is 13.7 Å². The highest BCUT2D eigenvalue weighted by molar-refractivity contribution is 5.83. The molecule has 4 nitrogen and oxygen atoms in total. The van der Waals surface area contributed by atoms with Crippen molar-refractivity contribution in [1.82, 2.24) is 4.90 Å². The van der Waals surface area contributed by atoms with E-state index in [4.69, 9.17) is 25.9 Å². The Kier molecular flexibility index (Phi) is 2.02. The van der Waals surface area contributed by atoms with Crippen LogP contribution in [-0.2, 0) is 11.2 Å². The molecule has 2 heterocycles. The van der Waals surface area contributed by atoms with Crippen molar-refractivity contribution < 1.29 is 30.7 Å². The number of hydrogen-bond donors (Lipinski definition) is 0. The molecule has 1 aromatic rings.